The number of thioether (sulfide) groups is 1. The SMILES string of the molecule is CSCCN(C)CC1CNCCO1. The maximum atomic E-state index is 5.62. The molecule has 1 unspecified atom stereocenters. The number of morpholine rings is 1. The molecule has 1 aliphatic rings. The lowest BCUT2D eigenvalue weighted by atomic mass is 10.3. The molecular formula is C9H20N2OS. The van der Waals surface area contributed by atoms with Gasteiger partial charge in [-0.15, -0.1) is 0 Å². The molecule has 13 heavy (non-hydrogen) atoms. The summed E-state index contributed by atoms with van der Waals surface area (Å²) in [4.78, 5) is 2.34. The molecule has 0 amide bonds. The lowest BCUT2D eigenvalue weighted by Gasteiger charge is -2.27. The minimum Gasteiger partial charge on any atom is -0.374 e. The molecule has 1 heterocycles. The van der Waals surface area contributed by atoms with Gasteiger partial charge in [-0.1, -0.05) is 0 Å². The second kappa shape index (κ2) is 6.65. The molecular weight excluding hydrogens is 184 g/mol. The van der Waals surface area contributed by atoms with E-state index in [-0.39, 0.29) is 0 Å². The fraction of sp³-hybridized carbons (Fsp3) is 1.00. The normalized spacial score (nSPS) is 23.8. The van der Waals surface area contributed by atoms with Crippen molar-refractivity contribution in [2.75, 3.05) is 51.8 Å². The lowest BCUT2D eigenvalue weighted by molar-refractivity contribution is 0.0111. The Morgan fingerprint density at radius 2 is 2.46 bits per heavy atom. The third-order valence-electron chi connectivity index (χ3n) is 2.20. The fourth-order valence-corrected chi connectivity index (χ4v) is 1.92. The van der Waals surface area contributed by atoms with Crippen LogP contribution in [0.3, 0.4) is 0 Å². The molecule has 0 spiro atoms. The van der Waals surface area contributed by atoms with Crippen molar-refractivity contribution >= 4 is 11.8 Å². The zero-order valence-electron chi connectivity index (χ0n) is 8.58. The van der Waals surface area contributed by atoms with E-state index < -0.39 is 0 Å². The minimum atomic E-state index is 0.389. The van der Waals surface area contributed by atoms with Crippen molar-refractivity contribution in [3.05, 3.63) is 0 Å². The van der Waals surface area contributed by atoms with Crippen LogP contribution in [0.4, 0.5) is 0 Å². The molecule has 1 N–H and O–H groups in total. The smallest absolute Gasteiger partial charge is 0.0826 e. The Morgan fingerprint density at radius 1 is 1.62 bits per heavy atom. The summed E-state index contributed by atoms with van der Waals surface area (Å²) < 4.78 is 5.62. The van der Waals surface area contributed by atoms with Crippen molar-refractivity contribution in [1.82, 2.24) is 10.2 Å². The molecule has 4 heteroatoms. The number of hydrogen-bond acceptors (Lipinski definition) is 4. The van der Waals surface area contributed by atoms with Gasteiger partial charge >= 0.3 is 0 Å². The second-order valence-electron chi connectivity index (χ2n) is 3.45. The van der Waals surface area contributed by atoms with Gasteiger partial charge in [-0.3, -0.25) is 0 Å². The zero-order valence-corrected chi connectivity index (χ0v) is 9.40. The monoisotopic (exact) mass is 204 g/mol. The Kier molecular flexibility index (Phi) is 5.78. The second-order valence-corrected chi connectivity index (χ2v) is 4.44. The zero-order chi connectivity index (χ0) is 9.52. The molecule has 0 aromatic heterocycles. The van der Waals surface area contributed by atoms with Crippen molar-refractivity contribution in [2.24, 2.45) is 0 Å². The van der Waals surface area contributed by atoms with Crippen LogP contribution in [0.2, 0.25) is 0 Å². The van der Waals surface area contributed by atoms with Gasteiger partial charge in [0.25, 0.3) is 0 Å². The first-order valence-corrected chi connectivity index (χ1v) is 6.22. The van der Waals surface area contributed by atoms with Crippen LogP contribution >= 0.6 is 11.8 Å². The van der Waals surface area contributed by atoms with Gasteiger partial charge in [-0.2, -0.15) is 11.8 Å². The number of nitrogens with one attached hydrogen (secondary N) is 1. The van der Waals surface area contributed by atoms with Crippen LogP contribution in [-0.4, -0.2) is 62.8 Å². The minimum absolute atomic E-state index is 0.389. The van der Waals surface area contributed by atoms with Crippen LogP contribution in [0, 0.1) is 0 Å². The third-order valence-corrected chi connectivity index (χ3v) is 2.79. The highest BCUT2D eigenvalue weighted by atomic mass is 32.2. The fourth-order valence-electron chi connectivity index (χ4n) is 1.42. The molecule has 0 radical (unpaired) electrons. The largest absolute Gasteiger partial charge is 0.374 e. The summed E-state index contributed by atoms with van der Waals surface area (Å²) in [5.74, 6) is 1.21. The predicted molar refractivity (Wildman–Crippen MR) is 58.5 cm³/mol. The number of nitrogens with zero attached hydrogens (tertiary/aromatic N) is 1. The van der Waals surface area contributed by atoms with Crippen LogP contribution in [0.1, 0.15) is 0 Å². The molecule has 3 nitrogen and oxygen atoms in total. The molecule has 1 rings (SSSR count). The van der Waals surface area contributed by atoms with E-state index in [0.29, 0.717) is 6.10 Å². The molecule has 1 fully saturated rings. The Morgan fingerprint density at radius 3 is 3.08 bits per heavy atom. The van der Waals surface area contributed by atoms with Gasteiger partial charge in [0.05, 0.1) is 12.7 Å². The number of rotatable bonds is 5. The molecule has 0 saturated carbocycles. The van der Waals surface area contributed by atoms with E-state index in [9.17, 15) is 0 Å². The molecule has 0 aliphatic carbocycles. The summed E-state index contributed by atoms with van der Waals surface area (Å²) in [5, 5.41) is 3.34. The average Bonchev–Trinajstić information content (AvgIpc) is 2.16. The molecule has 1 saturated heterocycles. The first-order valence-electron chi connectivity index (χ1n) is 4.82. The Bertz CT molecular complexity index is 129. The summed E-state index contributed by atoms with van der Waals surface area (Å²) in [7, 11) is 2.16. The van der Waals surface area contributed by atoms with E-state index in [4.69, 9.17) is 4.74 Å². The van der Waals surface area contributed by atoms with Crippen molar-refractivity contribution in [3.8, 4) is 0 Å². The molecule has 0 aromatic carbocycles. The summed E-state index contributed by atoms with van der Waals surface area (Å²) in [6.07, 6.45) is 2.53. The highest BCUT2D eigenvalue weighted by molar-refractivity contribution is 7.98. The first kappa shape index (κ1) is 11.3. The van der Waals surface area contributed by atoms with Crippen LogP contribution < -0.4 is 5.32 Å². The molecule has 78 valence electrons. The van der Waals surface area contributed by atoms with Gasteiger partial charge in [-0.25, -0.2) is 0 Å². The van der Waals surface area contributed by atoms with Gasteiger partial charge in [0.1, 0.15) is 0 Å². The third kappa shape index (κ3) is 4.86. The van der Waals surface area contributed by atoms with Crippen LogP contribution in [0.15, 0.2) is 0 Å². The van der Waals surface area contributed by atoms with Gasteiger partial charge in [0.15, 0.2) is 0 Å². The maximum Gasteiger partial charge on any atom is 0.0826 e. The highest BCUT2D eigenvalue weighted by Gasteiger charge is 2.14. The molecule has 1 aliphatic heterocycles. The number of ether oxygens (including phenoxy) is 1. The van der Waals surface area contributed by atoms with Crippen LogP contribution in [-0.2, 0) is 4.74 Å². The van der Waals surface area contributed by atoms with Crippen molar-refractivity contribution < 1.29 is 4.74 Å². The van der Waals surface area contributed by atoms with E-state index in [1.807, 2.05) is 11.8 Å². The van der Waals surface area contributed by atoms with Crippen molar-refractivity contribution in [1.29, 1.82) is 0 Å². The van der Waals surface area contributed by atoms with Gasteiger partial charge in [0, 0.05) is 31.9 Å². The van der Waals surface area contributed by atoms with Gasteiger partial charge in [0.2, 0.25) is 0 Å². The standard InChI is InChI=1S/C9H20N2OS/c1-11(4-6-13-2)8-9-7-10-3-5-12-9/h9-10H,3-8H2,1-2H3. The summed E-state index contributed by atoms with van der Waals surface area (Å²) in [6, 6.07) is 0. The van der Waals surface area contributed by atoms with Crippen molar-refractivity contribution in [3.63, 3.8) is 0 Å². The Labute approximate surface area is 85.2 Å². The maximum absolute atomic E-state index is 5.62. The van der Waals surface area contributed by atoms with E-state index in [0.717, 1.165) is 32.8 Å². The number of likely N-dealkylation sites (N-methyl/N-ethyl adjacent to an activating group) is 1. The van der Waals surface area contributed by atoms with E-state index >= 15 is 0 Å². The van der Waals surface area contributed by atoms with Crippen molar-refractivity contribution in [2.45, 2.75) is 6.10 Å². The van der Waals surface area contributed by atoms with Crippen LogP contribution in [0.5, 0.6) is 0 Å². The summed E-state index contributed by atoms with van der Waals surface area (Å²) in [5.41, 5.74) is 0. The van der Waals surface area contributed by atoms with Crippen LogP contribution in [0.25, 0.3) is 0 Å². The Hall–Kier alpha value is 0.230. The lowest BCUT2D eigenvalue weighted by Crippen LogP contribution is -2.44. The molecule has 0 bridgehead atoms. The quantitative estimate of drug-likeness (QED) is 0.695. The predicted octanol–water partition coefficient (Wildman–Crippen LogP) is 0.270. The van der Waals surface area contributed by atoms with Gasteiger partial charge in [-0.05, 0) is 13.3 Å². The van der Waals surface area contributed by atoms with E-state index in [1.165, 1.54) is 5.75 Å². The van der Waals surface area contributed by atoms with E-state index in [2.05, 4.69) is 23.5 Å². The Balaban J connectivity index is 2.07. The number of hydrogen-bond donors (Lipinski definition) is 1. The average molecular weight is 204 g/mol. The van der Waals surface area contributed by atoms with E-state index in [1.54, 1.807) is 0 Å². The summed E-state index contributed by atoms with van der Waals surface area (Å²) in [6.45, 7) is 5.07. The first-order chi connectivity index (χ1) is 6.33. The van der Waals surface area contributed by atoms with Gasteiger partial charge < -0.3 is 15.0 Å². The molecule has 1 atom stereocenters. The topological polar surface area (TPSA) is 24.5 Å². The summed E-state index contributed by atoms with van der Waals surface area (Å²) >= 11 is 1.89. The highest BCUT2D eigenvalue weighted by Crippen LogP contribution is 2.00. The molecule has 0 aromatic rings.